The second-order valence-electron chi connectivity index (χ2n) is 9.08. The van der Waals surface area contributed by atoms with E-state index in [1.54, 1.807) is 0 Å². The Bertz CT molecular complexity index is 570. The first-order valence-electron chi connectivity index (χ1n) is 10.1. The van der Waals surface area contributed by atoms with Crippen LogP contribution in [0.2, 0.25) is 0 Å². The molecule has 6 nitrogen and oxygen atoms in total. The molecule has 0 radical (unpaired) electrons. The standard InChI is InChI=1S/C19H27NO5/c21-18-5-11-4-16-17(24-8-23-16)6-12(11)14-3-10-1-2-15-19(25-9-22-15)13(10)7-20(14)18/h10-17,19H,1-9H2/p+1. The summed E-state index contributed by atoms with van der Waals surface area (Å²) in [5, 5.41) is 0. The third-order valence-corrected chi connectivity index (χ3v) is 8.16. The van der Waals surface area contributed by atoms with E-state index < -0.39 is 0 Å². The number of hydrogen-bond donors (Lipinski definition) is 1. The summed E-state index contributed by atoms with van der Waals surface area (Å²) in [6, 6.07) is 0.483. The minimum Gasteiger partial charge on any atom is -0.349 e. The van der Waals surface area contributed by atoms with Gasteiger partial charge in [-0.25, -0.2) is 4.79 Å². The molecule has 2 aliphatic carbocycles. The molecular formula is C19H28NO5+. The van der Waals surface area contributed by atoms with Gasteiger partial charge in [-0.3, -0.25) is 4.90 Å². The fourth-order valence-electron chi connectivity index (χ4n) is 7.02. The summed E-state index contributed by atoms with van der Waals surface area (Å²) < 4.78 is 23.2. The maximum atomic E-state index is 13.0. The van der Waals surface area contributed by atoms with E-state index in [-0.39, 0.29) is 24.4 Å². The van der Waals surface area contributed by atoms with E-state index in [1.807, 2.05) is 0 Å². The minimum atomic E-state index is 0.222. The van der Waals surface area contributed by atoms with E-state index in [1.165, 1.54) is 17.7 Å². The number of carbonyl (C=O) groups excluding carboxylic acids is 1. The van der Waals surface area contributed by atoms with Crippen molar-refractivity contribution in [3.63, 3.8) is 0 Å². The zero-order chi connectivity index (χ0) is 16.5. The van der Waals surface area contributed by atoms with Crippen molar-refractivity contribution in [2.24, 2.45) is 23.7 Å². The van der Waals surface area contributed by atoms with Gasteiger partial charge >= 0.3 is 5.91 Å². The Kier molecular flexibility index (Phi) is 3.56. The highest BCUT2D eigenvalue weighted by molar-refractivity contribution is 5.68. The van der Waals surface area contributed by atoms with Crippen LogP contribution in [0.4, 0.5) is 0 Å². The maximum absolute atomic E-state index is 13.0. The number of rotatable bonds is 0. The van der Waals surface area contributed by atoms with Crippen LogP contribution in [0.1, 0.15) is 38.5 Å². The van der Waals surface area contributed by atoms with Gasteiger partial charge in [0.2, 0.25) is 0 Å². The Morgan fingerprint density at radius 1 is 0.800 bits per heavy atom. The van der Waals surface area contributed by atoms with Crippen LogP contribution < -0.4 is 4.90 Å². The quantitative estimate of drug-likeness (QED) is 0.672. The van der Waals surface area contributed by atoms with Gasteiger partial charge in [0.1, 0.15) is 13.6 Å². The second-order valence-corrected chi connectivity index (χ2v) is 9.08. The van der Waals surface area contributed by atoms with E-state index in [4.69, 9.17) is 18.9 Å². The van der Waals surface area contributed by atoms with Crippen molar-refractivity contribution in [1.82, 2.24) is 0 Å². The van der Waals surface area contributed by atoms with E-state index in [0.717, 1.165) is 32.2 Å². The number of quaternary nitrogens is 1. The van der Waals surface area contributed by atoms with Crippen molar-refractivity contribution in [2.45, 2.75) is 69.0 Å². The summed E-state index contributed by atoms with van der Waals surface area (Å²) in [7, 11) is 0. The Labute approximate surface area is 148 Å². The fraction of sp³-hybridized carbons (Fsp3) is 0.947. The van der Waals surface area contributed by atoms with E-state index in [0.29, 0.717) is 49.2 Å². The van der Waals surface area contributed by atoms with Crippen LogP contribution in [-0.2, 0) is 23.7 Å². The fourth-order valence-corrected chi connectivity index (χ4v) is 7.02. The molecule has 10 unspecified atom stereocenters. The molecule has 10 atom stereocenters. The topological polar surface area (TPSA) is 58.4 Å². The number of ether oxygens (including phenoxy) is 4. The molecule has 6 aliphatic rings. The summed E-state index contributed by atoms with van der Waals surface area (Å²) in [4.78, 5) is 14.2. The van der Waals surface area contributed by atoms with Crippen LogP contribution in [-0.4, -0.2) is 56.5 Å². The average molecular weight is 350 g/mol. The molecule has 6 rings (SSSR count). The second kappa shape index (κ2) is 5.73. The largest absolute Gasteiger partial charge is 0.349 e. The first-order valence-corrected chi connectivity index (χ1v) is 10.1. The molecule has 0 bridgehead atoms. The number of nitrogens with one attached hydrogen (secondary N) is 1. The van der Waals surface area contributed by atoms with Crippen molar-refractivity contribution >= 4 is 5.91 Å². The highest BCUT2D eigenvalue weighted by atomic mass is 16.7. The third kappa shape index (κ3) is 2.31. The molecule has 0 aromatic rings. The molecule has 0 aromatic carbocycles. The van der Waals surface area contributed by atoms with E-state index >= 15 is 0 Å². The predicted molar refractivity (Wildman–Crippen MR) is 85.5 cm³/mol. The van der Waals surface area contributed by atoms with Gasteiger partial charge in [0.15, 0.2) is 0 Å². The number of hydrogen-bond acceptors (Lipinski definition) is 5. The summed E-state index contributed by atoms with van der Waals surface area (Å²) in [5.74, 6) is 2.75. The lowest BCUT2D eigenvalue weighted by atomic mass is 9.62. The minimum absolute atomic E-state index is 0.222. The number of amides is 1. The molecule has 6 heteroatoms. The lowest BCUT2D eigenvalue weighted by Gasteiger charge is -2.52. The Balaban J connectivity index is 1.26. The smallest absolute Gasteiger partial charge is 0.312 e. The van der Waals surface area contributed by atoms with Crippen molar-refractivity contribution in [2.75, 3.05) is 20.1 Å². The molecule has 1 N–H and O–H groups in total. The maximum Gasteiger partial charge on any atom is 0.312 e. The molecule has 25 heavy (non-hydrogen) atoms. The van der Waals surface area contributed by atoms with Gasteiger partial charge in [-0.2, -0.15) is 0 Å². The molecule has 4 aliphatic heterocycles. The molecule has 0 spiro atoms. The lowest BCUT2D eigenvalue weighted by molar-refractivity contribution is -0.872. The van der Waals surface area contributed by atoms with Crippen LogP contribution in [0.3, 0.4) is 0 Å². The molecular weight excluding hydrogens is 322 g/mol. The van der Waals surface area contributed by atoms with Crippen LogP contribution in [0.15, 0.2) is 0 Å². The molecule has 0 aromatic heterocycles. The van der Waals surface area contributed by atoms with Crippen molar-refractivity contribution in [3.8, 4) is 0 Å². The first kappa shape index (κ1) is 15.5. The van der Waals surface area contributed by atoms with E-state index in [2.05, 4.69) is 0 Å². The number of piperidine rings is 2. The van der Waals surface area contributed by atoms with Gasteiger partial charge in [-0.15, -0.1) is 0 Å². The van der Waals surface area contributed by atoms with Gasteiger partial charge in [0.05, 0.1) is 43.4 Å². The zero-order valence-corrected chi connectivity index (χ0v) is 14.6. The van der Waals surface area contributed by atoms with Gasteiger partial charge < -0.3 is 18.9 Å². The van der Waals surface area contributed by atoms with Gasteiger partial charge in [0.25, 0.3) is 0 Å². The van der Waals surface area contributed by atoms with Crippen LogP contribution in [0, 0.1) is 23.7 Å². The van der Waals surface area contributed by atoms with Gasteiger partial charge in [-0.1, -0.05) is 0 Å². The third-order valence-electron chi connectivity index (χ3n) is 8.16. The van der Waals surface area contributed by atoms with E-state index in [9.17, 15) is 4.79 Å². The Hall–Kier alpha value is -0.530. The van der Waals surface area contributed by atoms with Gasteiger partial charge in [-0.05, 0) is 37.5 Å². The summed E-state index contributed by atoms with van der Waals surface area (Å²) in [6.45, 7) is 1.83. The number of fused-ring (bicyclic) bond motifs is 7. The van der Waals surface area contributed by atoms with Crippen molar-refractivity contribution in [3.05, 3.63) is 0 Å². The highest BCUT2D eigenvalue weighted by Crippen LogP contribution is 2.46. The highest BCUT2D eigenvalue weighted by Gasteiger charge is 2.58. The van der Waals surface area contributed by atoms with Crippen molar-refractivity contribution < 1.29 is 28.6 Å². The number of carbonyl (C=O) groups is 1. The Morgan fingerprint density at radius 3 is 2.52 bits per heavy atom. The van der Waals surface area contributed by atoms with Gasteiger partial charge in [0, 0.05) is 18.3 Å². The van der Waals surface area contributed by atoms with Crippen LogP contribution >= 0.6 is 0 Å². The molecule has 2 saturated carbocycles. The van der Waals surface area contributed by atoms with Crippen molar-refractivity contribution in [1.29, 1.82) is 0 Å². The summed E-state index contributed by atoms with van der Waals surface area (Å²) in [5.41, 5.74) is 0. The molecule has 1 amide bonds. The molecule has 6 fully saturated rings. The summed E-state index contributed by atoms with van der Waals surface area (Å²) in [6.07, 6.45) is 7.34. The normalized spacial score (nSPS) is 57.2. The lowest BCUT2D eigenvalue weighted by Crippen LogP contribution is -3.22. The summed E-state index contributed by atoms with van der Waals surface area (Å²) >= 11 is 0. The zero-order valence-electron chi connectivity index (χ0n) is 14.6. The Morgan fingerprint density at radius 2 is 1.60 bits per heavy atom. The average Bonchev–Trinajstić information content (AvgIpc) is 3.27. The predicted octanol–water partition coefficient (Wildman–Crippen LogP) is 0.109. The molecule has 138 valence electrons. The van der Waals surface area contributed by atoms with Crippen LogP contribution in [0.25, 0.3) is 0 Å². The SMILES string of the molecule is O=C1CC2CC3OCOC3CC2C2CC3CCC4OCOC4C3C[NH+]12. The van der Waals surface area contributed by atoms with Crippen LogP contribution in [0.5, 0.6) is 0 Å². The molecule has 4 heterocycles. The molecule has 4 saturated heterocycles. The monoisotopic (exact) mass is 350 g/mol. The first-order chi connectivity index (χ1) is 12.3.